The van der Waals surface area contributed by atoms with Gasteiger partial charge in [-0.2, -0.15) is 4.31 Å². The summed E-state index contributed by atoms with van der Waals surface area (Å²) in [4.78, 5) is 11.2. The molecule has 1 aromatic carbocycles. The first-order valence-corrected chi connectivity index (χ1v) is 8.05. The van der Waals surface area contributed by atoms with Crippen molar-refractivity contribution in [1.82, 2.24) is 4.31 Å². The Hall–Kier alpha value is -1.11. The minimum absolute atomic E-state index is 0.00475. The van der Waals surface area contributed by atoms with Crippen molar-refractivity contribution in [3.8, 4) is 0 Å². The van der Waals surface area contributed by atoms with E-state index in [9.17, 15) is 13.2 Å². The second kappa shape index (κ2) is 5.35. The summed E-state index contributed by atoms with van der Waals surface area (Å²) in [7, 11) is -3.71. The SMILES string of the molecule is Cc1c(Cl)cccc1S(=O)(=O)N1C[C@@H](C)[C@H](C(=O)O)C1. The van der Waals surface area contributed by atoms with Gasteiger partial charge in [0.25, 0.3) is 0 Å². The number of hydrogen-bond acceptors (Lipinski definition) is 3. The first kappa shape index (κ1) is 15.3. The lowest BCUT2D eigenvalue weighted by molar-refractivity contribution is -0.142. The van der Waals surface area contributed by atoms with Crippen LogP contribution in [0.4, 0.5) is 0 Å². The van der Waals surface area contributed by atoms with Gasteiger partial charge in [0.1, 0.15) is 0 Å². The number of carboxylic acid groups (broad SMARTS) is 1. The van der Waals surface area contributed by atoms with Gasteiger partial charge in [-0.1, -0.05) is 24.6 Å². The van der Waals surface area contributed by atoms with Gasteiger partial charge in [-0.15, -0.1) is 0 Å². The van der Waals surface area contributed by atoms with Crippen LogP contribution in [0, 0.1) is 18.8 Å². The third-order valence-electron chi connectivity index (χ3n) is 3.73. The lowest BCUT2D eigenvalue weighted by Crippen LogP contribution is -2.30. The van der Waals surface area contributed by atoms with Crippen molar-refractivity contribution in [2.75, 3.05) is 13.1 Å². The zero-order chi connectivity index (χ0) is 15.1. The van der Waals surface area contributed by atoms with Crippen LogP contribution in [0.15, 0.2) is 23.1 Å². The number of carbonyl (C=O) groups is 1. The van der Waals surface area contributed by atoms with Crippen LogP contribution in [0.3, 0.4) is 0 Å². The molecule has 20 heavy (non-hydrogen) atoms. The Morgan fingerprint density at radius 3 is 2.60 bits per heavy atom. The number of halogens is 1. The molecule has 0 unspecified atom stereocenters. The van der Waals surface area contributed by atoms with Crippen molar-refractivity contribution in [3.05, 3.63) is 28.8 Å². The second-order valence-electron chi connectivity index (χ2n) is 5.11. The molecular formula is C13H16ClNO4S. The Morgan fingerprint density at radius 2 is 2.05 bits per heavy atom. The van der Waals surface area contributed by atoms with Crippen LogP contribution in [0.1, 0.15) is 12.5 Å². The molecule has 0 saturated carbocycles. The van der Waals surface area contributed by atoms with Gasteiger partial charge < -0.3 is 5.11 Å². The highest BCUT2D eigenvalue weighted by Crippen LogP contribution is 2.31. The van der Waals surface area contributed by atoms with Gasteiger partial charge in [0.15, 0.2) is 0 Å². The van der Waals surface area contributed by atoms with Gasteiger partial charge in [-0.25, -0.2) is 8.42 Å². The summed E-state index contributed by atoms with van der Waals surface area (Å²) >= 11 is 5.96. The van der Waals surface area contributed by atoms with E-state index in [0.29, 0.717) is 10.6 Å². The third-order valence-corrected chi connectivity index (χ3v) is 6.12. The number of aliphatic carboxylic acids is 1. The molecule has 7 heteroatoms. The van der Waals surface area contributed by atoms with Crippen molar-refractivity contribution in [3.63, 3.8) is 0 Å². The van der Waals surface area contributed by atoms with Crippen molar-refractivity contribution < 1.29 is 18.3 Å². The number of carboxylic acids is 1. The molecular weight excluding hydrogens is 302 g/mol. The number of nitrogens with zero attached hydrogens (tertiary/aromatic N) is 1. The van der Waals surface area contributed by atoms with Gasteiger partial charge in [0.2, 0.25) is 10.0 Å². The molecule has 1 heterocycles. The molecule has 1 aliphatic heterocycles. The smallest absolute Gasteiger partial charge is 0.308 e. The Kier molecular flexibility index (Phi) is 4.09. The van der Waals surface area contributed by atoms with Crippen LogP contribution in [0.2, 0.25) is 5.02 Å². The molecule has 1 saturated heterocycles. The molecule has 1 aliphatic rings. The molecule has 0 amide bonds. The molecule has 2 rings (SSSR count). The summed E-state index contributed by atoms with van der Waals surface area (Å²) in [6.07, 6.45) is 0. The second-order valence-corrected chi connectivity index (χ2v) is 7.42. The topological polar surface area (TPSA) is 74.7 Å². The van der Waals surface area contributed by atoms with E-state index in [1.807, 2.05) is 0 Å². The summed E-state index contributed by atoms with van der Waals surface area (Å²) in [5, 5.41) is 9.48. The van der Waals surface area contributed by atoms with E-state index < -0.39 is 21.9 Å². The van der Waals surface area contributed by atoms with Crippen LogP contribution in [-0.2, 0) is 14.8 Å². The quantitative estimate of drug-likeness (QED) is 0.925. The van der Waals surface area contributed by atoms with E-state index >= 15 is 0 Å². The summed E-state index contributed by atoms with van der Waals surface area (Å²) in [5.41, 5.74) is 0.487. The number of hydrogen-bond donors (Lipinski definition) is 1. The third kappa shape index (κ3) is 2.55. The van der Waals surface area contributed by atoms with Gasteiger partial charge in [0, 0.05) is 18.1 Å². The number of rotatable bonds is 3. The Bertz CT molecular complexity index is 644. The maximum absolute atomic E-state index is 12.6. The van der Waals surface area contributed by atoms with Crippen molar-refractivity contribution >= 4 is 27.6 Å². The van der Waals surface area contributed by atoms with Gasteiger partial charge in [-0.3, -0.25) is 4.79 Å². The van der Waals surface area contributed by atoms with Gasteiger partial charge in [0.05, 0.1) is 10.8 Å². The molecule has 0 bridgehead atoms. The predicted octanol–water partition coefficient (Wildman–Crippen LogP) is 1.99. The van der Waals surface area contributed by atoms with E-state index in [2.05, 4.69) is 0 Å². The van der Waals surface area contributed by atoms with E-state index in [1.54, 1.807) is 26.0 Å². The maximum Gasteiger partial charge on any atom is 0.308 e. The number of sulfonamides is 1. The maximum atomic E-state index is 12.6. The molecule has 1 fully saturated rings. The first-order chi connectivity index (χ1) is 9.25. The predicted molar refractivity (Wildman–Crippen MR) is 75.2 cm³/mol. The highest BCUT2D eigenvalue weighted by atomic mass is 35.5. The van der Waals surface area contributed by atoms with Crippen molar-refractivity contribution in [2.45, 2.75) is 18.7 Å². The van der Waals surface area contributed by atoms with E-state index in [4.69, 9.17) is 16.7 Å². The van der Waals surface area contributed by atoms with Crippen molar-refractivity contribution in [1.29, 1.82) is 0 Å². The lowest BCUT2D eigenvalue weighted by Gasteiger charge is -2.18. The van der Waals surface area contributed by atoms with E-state index in [1.165, 1.54) is 10.4 Å². The Labute approximate surface area is 123 Å². The fourth-order valence-electron chi connectivity index (χ4n) is 2.45. The molecule has 1 N–H and O–H groups in total. The normalized spacial score (nSPS) is 23.9. The zero-order valence-corrected chi connectivity index (χ0v) is 12.8. The zero-order valence-electron chi connectivity index (χ0n) is 11.2. The Morgan fingerprint density at radius 1 is 1.40 bits per heavy atom. The highest BCUT2D eigenvalue weighted by Gasteiger charge is 2.41. The molecule has 110 valence electrons. The van der Waals surface area contributed by atoms with Crippen LogP contribution in [-0.4, -0.2) is 36.9 Å². The van der Waals surface area contributed by atoms with Crippen molar-refractivity contribution in [2.24, 2.45) is 11.8 Å². The molecule has 1 aromatic rings. The fourth-order valence-corrected chi connectivity index (χ4v) is 4.49. The average molecular weight is 318 g/mol. The van der Waals surface area contributed by atoms with Gasteiger partial charge in [-0.05, 0) is 30.5 Å². The van der Waals surface area contributed by atoms with Crippen LogP contribution in [0.5, 0.6) is 0 Å². The summed E-state index contributed by atoms with van der Waals surface area (Å²) < 4.78 is 26.4. The molecule has 5 nitrogen and oxygen atoms in total. The molecule has 0 radical (unpaired) electrons. The summed E-state index contributed by atoms with van der Waals surface area (Å²) in [6, 6.07) is 4.70. The van der Waals surface area contributed by atoms with Gasteiger partial charge >= 0.3 is 5.97 Å². The standard InChI is InChI=1S/C13H16ClNO4S/c1-8-6-15(7-10(8)13(16)17)20(18,19)12-5-3-4-11(14)9(12)2/h3-5,8,10H,6-7H2,1-2H3,(H,16,17)/t8-,10-/m1/s1. The van der Waals surface area contributed by atoms with Crippen LogP contribution < -0.4 is 0 Å². The molecule has 0 aliphatic carbocycles. The molecule has 0 aromatic heterocycles. The fraction of sp³-hybridized carbons (Fsp3) is 0.462. The number of benzene rings is 1. The summed E-state index contributed by atoms with van der Waals surface area (Å²) in [5.74, 6) is -1.83. The molecule has 0 spiro atoms. The average Bonchev–Trinajstić information content (AvgIpc) is 2.75. The minimum atomic E-state index is -3.71. The van der Waals surface area contributed by atoms with E-state index in [-0.39, 0.29) is 23.9 Å². The van der Waals surface area contributed by atoms with E-state index in [0.717, 1.165) is 0 Å². The first-order valence-electron chi connectivity index (χ1n) is 6.23. The minimum Gasteiger partial charge on any atom is -0.481 e. The largest absolute Gasteiger partial charge is 0.481 e. The highest BCUT2D eigenvalue weighted by molar-refractivity contribution is 7.89. The summed E-state index contributed by atoms with van der Waals surface area (Å²) in [6.45, 7) is 3.61. The lowest BCUT2D eigenvalue weighted by atomic mass is 9.99. The van der Waals surface area contributed by atoms with Crippen LogP contribution in [0.25, 0.3) is 0 Å². The Balaban J connectivity index is 2.38. The monoisotopic (exact) mass is 317 g/mol. The van der Waals surface area contributed by atoms with Crippen LogP contribution >= 0.6 is 11.6 Å². The molecule has 2 atom stereocenters.